The first-order valence-corrected chi connectivity index (χ1v) is 6.41. The van der Waals surface area contributed by atoms with Gasteiger partial charge in [0.05, 0.1) is 13.7 Å². The van der Waals surface area contributed by atoms with Crippen molar-refractivity contribution in [3.8, 4) is 16.9 Å². The summed E-state index contributed by atoms with van der Waals surface area (Å²) < 4.78 is 10.5. The second-order valence-corrected chi connectivity index (χ2v) is 4.65. The van der Waals surface area contributed by atoms with E-state index < -0.39 is 0 Å². The van der Waals surface area contributed by atoms with Gasteiger partial charge in [-0.15, -0.1) is 0 Å². The van der Waals surface area contributed by atoms with Gasteiger partial charge in [0.2, 0.25) is 0 Å². The van der Waals surface area contributed by atoms with Gasteiger partial charge in [0.25, 0.3) is 0 Å². The second-order valence-electron chi connectivity index (χ2n) is 4.65. The van der Waals surface area contributed by atoms with Crippen LogP contribution in [0.5, 0.6) is 5.75 Å². The quantitative estimate of drug-likeness (QED) is 0.778. The fourth-order valence-corrected chi connectivity index (χ4v) is 2.19. The fourth-order valence-electron chi connectivity index (χ4n) is 2.19. The molecule has 0 amide bonds. The predicted molar refractivity (Wildman–Crippen MR) is 79.3 cm³/mol. The monoisotopic (exact) mass is 270 g/mol. The topological polar surface area (TPSA) is 35.5 Å². The summed E-state index contributed by atoms with van der Waals surface area (Å²) >= 11 is 0. The van der Waals surface area contributed by atoms with Gasteiger partial charge < -0.3 is 9.47 Å². The van der Waals surface area contributed by atoms with Crippen LogP contribution in [-0.4, -0.2) is 20.5 Å². The molecule has 0 aliphatic rings. The SMILES string of the molecule is COCc1cc(OC)ccc1-c1ccc(C)c(C=O)c1. The van der Waals surface area contributed by atoms with E-state index in [0.29, 0.717) is 12.2 Å². The highest BCUT2D eigenvalue weighted by molar-refractivity contribution is 5.81. The minimum atomic E-state index is 0.497. The van der Waals surface area contributed by atoms with E-state index in [2.05, 4.69) is 0 Å². The average molecular weight is 270 g/mol. The van der Waals surface area contributed by atoms with E-state index in [0.717, 1.165) is 34.3 Å². The molecule has 0 aromatic heterocycles. The van der Waals surface area contributed by atoms with Gasteiger partial charge in [0.15, 0.2) is 0 Å². The van der Waals surface area contributed by atoms with Crippen LogP contribution in [0.25, 0.3) is 11.1 Å². The first kappa shape index (κ1) is 14.3. The summed E-state index contributed by atoms with van der Waals surface area (Å²) in [6.07, 6.45) is 0.887. The number of aryl methyl sites for hydroxylation is 1. The third-order valence-corrected chi connectivity index (χ3v) is 3.33. The summed E-state index contributed by atoms with van der Waals surface area (Å²) in [5.41, 5.74) is 4.78. The zero-order chi connectivity index (χ0) is 14.5. The van der Waals surface area contributed by atoms with Crippen molar-refractivity contribution in [1.29, 1.82) is 0 Å². The van der Waals surface area contributed by atoms with Crippen molar-refractivity contribution in [3.63, 3.8) is 0 Å². The van der Waals surface area contributed by atoms with E-state index in [1.807, 2.05) is 43.3 Å². The van der Waals surface area contributed by atoms with Crippen molar-refractivity contribution in [2.24, 2.45) is 0 Å². The van der Waals surface area contributed by atoms with Gasteiger partial charge in [0, 0.05) is 12.7 Å². The van der Waals surface area contributed by atoms with E-state index in [4.69, 9.17) is 9.47 Å². The lowest BCUT2D eigenvalue weighted by atomic mass is 9.96. The number of ether oxygens (including phenoxy) is 2. The highest BCUT2D eigenvalue weighted by Gasteiger charge is 2.08. The number of carbonyl (C=O) groups excluding carboxylic acids is 1. The van der Waals surface area contributed by atoms with Gasteiger partial charge in [0.1, 0.15) is 12.0 Å². The van der Waals surface area contributed by atoms with Gasteiger partial charge in [-0.2, -0.15) is 0 Å². The zero-order valence-electron chi connectivity index (χ0n) is 12.0. The summed E-state index contributed by atoms with van der Waals surface area (Å²) in [5.74, 6) is 0.795. The number of rotatable bonds is 5. The maximum atomic E-state index is 11.1. The predicted octanol–water partition coefficient (Wildman–Crippen LogP) is 3.63. The molecule has 0 aliphatic carbocycles. The lowest BCUT2D eigenvalue weighted by Gasteiger charge is -2.12. The van der Waals surface area contributed by atoms with Crippen LogP contribution in [0.1, 0.15) is 21.5 Å². The molecule has 0 aliphatic heterocycles. The molecule has 0 heterocycles. The smallest absolute Gasteiger partial charge is 0.150 e. The number of carbonyl (C=O) groups is 1. The van der Waals surface area contributed by atoms with Gasteiger partial charge in [-0.1, -0.05) is 18.2 Å². The molecule has 0 fully saturated rings. The third kappa shape index (κ3) is 2.89. The van der Waals surface area contributed by atoms with Gasteiger partial charge in [-0.3, -0.25) is 4.79 Å². The molecule has 0 atom stereocenters. The van der Waals surface area contributed by atoms with Crippen molar-refractivity contribution < 1.29 is 14.3 Å². The first-order chi connectivity index (χ1) is 9.69. The van der Waals surface area contributed by atoms with Crippen molar-refractivity contribution in [1.82, 2.24) is 0 Å². The number of hydrogen-bond acceptors (Lipinski definition) is 3. The van der Waals surface area contributed by atoms with Crippen molar-refractivity contribution in [2.45, 2.75) is 13.5 Å². The Bertz CT molecular complexity index is 618. The normalized spacial score (nSPS) is 10.3. The lowest BCUT2D eigenvalue weighted by molar-refractivity contribution is 0.112. The third-order valence-electron chi connectivity index (χ3n) is 3.33. The molecule has 0 saturated heterocycles. The lowest BCUT2D eigenvalue weighted by Crippen LogP contribution is -1.95. The molecule has 0 spiro atoms. The Morgan fingerprint density at radius 3 is 2.55 bits per heavy atom. The molecule has 0 radical (unpaired) electrons. The molecule has 2 aromatic rings. The van der Waals surface area contributed by atoms with E-state index in [1.54, 1.807) is 14.2 Å². The highest BCUT2D eigenvalue weighted by Crippen LogP contribution is 2.29. The zero-order valence-corrected chi connectivity index (χ0v) is 12.0. The summed E-state index contributed by atoms with van der Waals surface area (Å²) in [5, 5.41) is 0. The first-order valence-electron chi connectivity index (χ1n) is 6.41. The Morgan fingerprint density at radius 1 is 1.10 bits per heavy atom. The van der Waals surface area contributed by atoms with E-state index >= 15 is 0 Å². The maximum Gasteiger partial charge on any atom is 0.150 e. The number of benzene rings is 2. The minimum Gasteiger partial charge on any atom is -0.497 e. The van der Waals surface area contributed by atoms with Gasteiger partial charge in [-0.05, 0) is 47.4 Å². The van der Waals surface area contributed by atoms with Crippen molar-refractivity contribution in [3.05, 3.63) is 53.1 Å². The maximum absolute atomic E-state index is 11.1. The van der Waals surface area contributed by atoms with Crippen molar-refractivity contribution in [2.75, 3.05) is 14.2 Å². The molecule has 0 saturated carbocycles. The van der Waals surface area contributed by atoms with E-state index in [-0.39, 0.29) is 0 Å². The molecule has 2 aromatic carbocycles. The van der Waals surface area contributed by atoms with Crippen LogP contribution in [0, 0.1) is 6.92 Å². The van der Waals surface area contributed by atoms with E-state index in [9.17, 15) is 4.79 Å². The number of methoxy groups -OCH3 is 2. The molecular formula is C17H18O3. The van der Waals surface area contributed by atoms with Crippen LogP contribution in [0.3, 0.4) is 0 Å². The van der Waals surface area contributed by atoms with E-state index in [1.165, 1.54) is 0 Å². The second kappa shape index (κ2) is 6.35. The van der Waals surface area contributed by atoms with Crippen molar-refractivity contribution >= 4 is 6.29 Å². The molecule has 2 rings (SSSR count). The molecule has 3 heteroatoms. The molecule has 0 bridgehead atoms. The Hall–Kier alpha value is -2.13. The van der Waals surface area contributed by atoms with Gasteiger partial charge in [-0.25, -0.2) is 0 Å². The van der Waals surface area contributed by atoms with Gasteiger partial charge >= 0.3 is 0 Å². The number of aldehydes is 1. The molecule has 104 valence electrons. The van der Waals surface area contributed by atoms with Crippen LogP contribution in [-0.2, 0) is 11.3 Å². The Labute approximate surface area is 119 Å². The molecule has 0 unspecified atom stereocenters. The Morgan fingerprint density at radius 2 is 1.90 bits per heavy atom. The fraction of sp³-hybridized carbons (Fsp3) is 0.235. The number of hydrogen-bond donors (Lipinski definition) is 0. The minimum absolute atomic E-state index is 0.497. The largest absolute Gasteiger partial charge is 0.497 e. The molecule has 20 heavy (non-hydrogen) atoms. The summed E-state index contributed by atoms with van der Waals surface area (Å²) in [4.78, 5) is 11.1. The standard InChI is InChI=1S/C17H18O3/c1-12-4-5-13(8-14(12)10-18)17-7-6-16(20-3)9-15(17)11-19-2/h4-10H,11H2,1-3H3. The average Bonchev–Trinajstić information content (AvgIpc) is 2.48. The van der Waals surface area contributed by atoms with Crippen LogP contribution in [0.4, 0.5) is 0 Å². The highest BCUT2D eigenvalue weighted by atomic mass is 16.5. The molecular weight excluding hydrogens is 252 g/mol. The Balaban J connectivity index is 2.53. The van der Waals surface area contributed by atoms with Crippen LogP contribution < -0.4 is 4.74 Å². The molecule has 3 nitrogen and oxygen atoms in total. The summed E-state index contributed by atoms with van der Waals surface area (Å²) in [7, 11) is 3.30. The summed E-state index contributed by atoms with van der Waals surface area (Å²) in [6, 6.07) is 11.7. The van der Waals surface area contributed by atoms with Crippen LogP contribution in [0.15, 0.2) is 36.4 Å². The molecule has 0 N–H and O–H groups in total. The Kier molecular flexibility index (Phi) is 4.53. The summed E-state index contributed by atoms with van der Waals surface area (Å²) in [6.45, 7) is 2.43. The van der Waals surface area contributed by atoms with Crippen LogP contribution >= 0.6 is 0 Å². The van der Waals surface area contributed by atoms with Crippen LogP contribution in [0.2, 0.25) is 0 Å².